The highest BCUT2D eigenvalue weighted by atomic mass is 32.1. The van der Waals surface area contributed by atoms with Crippen LogP contribution < -0.4 is 11.1 Å². The maximum Gasteiger partial charge on any atom is 0.202 e. The maximum atomic E-state index is 5.58. The minimum Gasteiger partial charge on any atom is -0.360 e. The first-order valence-corrected chi connectivity index (χ1v) is 6.99. The van der Waals surface area contributed by atoms with Gasteiger partial charge in [0.05, 0.1) is 0 Å². The molecule has 0 saturated carbocycles. The molecule has 1 atom stereocenters. The van der Waals surface area contributed by atoms with E-state index in [4.69, 9.17) is 5.73 Å². The first-order valence-electron chi connectivity index (χ1n) is 6.21. The van der Waals surface area contributed by atoms with Gasteiger partial charge in [0, 0.05) is 23.5 Å². The van der Waals surface area contributed by atoms with Crippen molar-refractivity contribution in [2.24, 2.45) is 11.7 Å². The number of hydrogen-bond acceptors (Lipinski definition) is 5. The van der Waals surface area contributed by atoms with Crippen LogP contribution >= 0.6 is 11.5 Å². The predicted molar refractivity (Wildman–Crippen MR) is 74.6 cm³/mol. The van der Waals surface area contributed by atoms with E-state index in [0.717, 1.165) is 36.9 Å². The topological polar surface area (TPSA) is 63.8 Å². The van der Waals surface area contributed by atoms with Crippen molar-refractivity contribution in [3.63, 3.8) is 0 Å². The lowest BCUT2D eigenvalue weighted by Crippen LogP contribution is -2.14. The number of anilines is 1. The van der Waals surface area contributed by atoms with Crippen molar-refractivity contribution in [2.45, 2.75) is 46.0 Å². The van der Waals surface area contributed by atoms with Crippen LogP contribution in [-0.2, 0) is 5.41 Å². The summed E-state index contributed by atoms with van der Waals surface area (Å²) >= 11 is 1.44. The third kappa shape index (κ3) is 5.00. The van der Waals surface area contributed by atoms with Gasteiger partial charge in [-0.25, -0.2) is 4.98 Å². The molecular weight excluding hydrogens is 232 g/mol. The van der Waals surface area contributed by atoms with Crippen LogP contribution in [0.15, 0.2) is 0 Å². The molecule has 1 aromatic heterocycles. The van der Waals surface area contributed by atoms with Crippen LogP contribution in [0, 0.1) is 5.92 Å². The fraction of sp³-hybridized carbons (Fsp3) is 0.833. The number of nitrogens with one attached hydrogen (secondary N) is 1. The molecule has 0 saturated heterocycles. The number of hydrogen-bond donors (Lipinski definition) is 2. The molecule has 17 heavy (non-hydrogen) atoms. The number of nitrogens with two attached hydrogens (primary N) is 1. The third-order valence-corrected chi connectivity index (χ3v) is 3.32. The average molecular weight is 256 g/mol. The molecular formula is C12H24N4S. The number of aromatic nitrogens is 2. The molecule has 98 valence electrons. The van der Waals surface area contributed by atoms with Crippen LogP contribution in [-0.4, -0.2) is 22.4 Å². The van der Waals surface area contributed by atoms with Gasteiger partial charge in [-0.3, -0.25) is 0 Å². The van der Waals surface area contributed by atoms with Gasteiger partial charge >= 0.3 is 0 Å². The highest BCUT2D eigenvalue weighted by Gasteiger charge is 2.19. The molecule has 0 fully saturated rings. The van der Waals surface area contributed by atoms with Crippen molar-refractivity contribution in [1.82, 2.24) is 9.36 Å². The Morgan fingerprint density at radius 2 is 2.12 bits per heavy atom. The molecule has 0 aliphatic carbocycles. The lowest BCUT2D eigenvalue weighted by atomic mass is 9.96. The number of rotatable bonds is 6. The highest BCUT2D eigenvalue weighted by molar-refractivity contribution is 7.09. The second-order valence-corrected chi connectivity index (χ2v) is 6.33. The third-order valence-electron chi connectivity index (χ3n) is 2.65. The summed E-state index contributed by atoms with van der Waals surface area (Å²) in [5.41, 5.74) is 5.61. The van der Waals surface area contributed by atoms with Crippen molar-refractivity contribution < 1.29 is 0 Å². The van der Waals surface area contributed by atoms with Crippen molar-refractivity contribution in [2.75, 3.05) is 18.4 Å². The van der Waals surface area contributed by atoms with E-state index in [-0.39, 0.29) is 5.41 Å². The Morgan fingerprint density at radius 1 is 1.41 bits per heavy atom. The molecule has 0 amide bonds. The molecule has 0 aliphatic rings. The molecule has 1 aromatic rings. The van der Waals surface area contributed by atoms with E-state index in [0.29, 0.717) is 5.92 Å². The summed E-state index contributed by atoms with van der Waals surface area (Å²) < 4.78 is 4.37. The molecule has 1 heterocycles. The summed E-state index contributed by atoms with van der Waals surface area (Å²) in [7, 11) is 0. The fourth-order valence-electron chi connectivity index (χ4n) is 1.36. The largest absolute Gasteiger partial charge is 0.360 e. The Bertz CT molecular complexity index is 329. The zero-order chi connectivity index (χ0) is 12.9. The lowest BCUT2D eigenvalue weighted by Gasteiger charge is -2.12. The van der Waals surface area contributed by atoms with E-state index in [2.05, 4.69) is 42.4 Å². The highest BCUT2D eigenvalue weighted by Crippen LogP contribution is 2.22. The van der Waals surface area contributed by atoms with E-state index in [9.17, 15) is 0 Å². The number of nitrogens with zero attached hydrogens (tertiary/aromatic N) is 2. The zero-order valence-corrected chi connectivity index (χ0v) is 12.1. The van der Waals surface area contributed by atoms with Crippen molar-refractivity contribution in [3.8, 4) is 0 Å². The summed E-state index contributed by atoms with van der Waals surface area (Å²) in [6.07, 6.45) is 2.29. The maximum absolute atomic E-state index is 5.58. The Hall–Kier alpha value is -0.680. The molecule has 0 bridgehead atoms. The normalized spacial score (nSPS) is 13.7. The van der Waals surface area contributed by atoms with Gasteiger partial charge in [0.1, 0.15) is 5.82 Å². The van der Waals surface area contributed by atoms with E-state index < -0.39 is 0 Å². The van der Waals surface area contributed by atoms with Crippen molar-refractivity contribution in [1.29, 1.82) is 0 Å². The first kappa shape index (κ1) is 14.4. The van der Waals surface area contributed by atoms with Gasteiger partial charge in [0.25, 0.3) is 0 Å². The second-order valence-electron chi connectivity index (χ2n) is 5.58. The Kier molecular flexibility index (Phi) is 5.33. The van der Waals surface area contributed by atoms with Crippen LogP contribution in [0.3, 0.4) is 0 Å². The molecule has 4 nitrogen and oxygen atoms in total. The van der Waals surface area contributed by atoms with E-state index in [1.807, 2.05) is 0 Å². The molecule has 1 unspecified atom stereocenters. The van der Waals surface area contributed by atoms with Gasteiger partial charge in [0.15, 0.2) is 0 Å². The van der Waals surface area contributed by atoms with Gasteiger partial charge in [0.2, 0.25) is 5.13 Å². The summed E-state index contributed by atoms with van der Waals surface area (Å²) in [4.78, 5) is 4.49. The predicted octanol–water partition coefficient (Wildman–Crippen LogP) is 2.62. The monoisotopic (exact) mass is 256 g/mol. The molecule has 1 rings (SSSR count). The van der Waals surface area contributed by atoms with Gasteiger partial charge < -0.3 is 11.1 Å². The second kappa shape index (κ2) is 6.31. The average Bonchev–Trinajstić information content (AvgIpc) is 2.72. The Morgan fingerprint density at radius 3 is 2.65 bits per heavy atom. The van der Waals surface area contributed by atoms with Gasteiger partial charge in [-0.15, -0.1) is 0 Å². The molecule has 3 N–H and O–H groups in total. The van der Waals surface area contributed by atoms with E-state index in [1.54, 1.807) is 0 Å². The smallest absolute Gasteiger partial charge is 0.202 e. The van der Waals surface area contributed by atoms with Crippen molar-refractivity contribution >= 4 is 16.7 Å². The lowest BCUT2D eigenvalue weighted by molar-refractivity contribution is 0.529. The van der Waals surface area contributed by atoms with Crippen LogP contribution in [0.1, 0.15) is 46.4 Å². The van der Waals surface area contributed by atoms with Gasteiger partial charge in [-0.05, 0) is 25.3 Å². The van der Waals surface area contributed by atoms with Crippen LogP contribution in [0.25, 0.3) is 0 Å². The van der Waals surface area contributed by atoms with Crippen LogP contribution in [0.5, 0.6) is 0 Å². The first-order chi connectivity index (χ1) is 7.93. The van der Waals surface area contributed by atoms with E-state index >= 15 is 0 Å². The fourth-order valence-corrected chi connectivity index (χ4v) is 2.15. The van der Waals surface area contributed by atoms with Crippen molar-refractivity contribution in [3.05, 3.63) is 5.82 Å². The van der Waals surface area contributed by atoms with Crippen LogP contribution in [0.4, 0.5) is 5.13 Å². The molecule has 0 aromatic carbocycles. The summed E-state index contributed by atoms with van der Waals surface area (Å²) in [6, 6.07) is 0. The standard InChI is InChI=1S/C12H24N4S/c1-9(8-13)6-5-7-14-11-15-10(16-17-11)12(2,3)4/h9H,5-8,13H2,1-4H3,(H,14,15,16). The summed E-state index contributed by atoms with van der Waals surface area (Å²) in [6.45, 7) is 10.3. The summed E-state index contributed by atoms with van der Waals surface area (Å²) in [5.74, 6) is 1.52. The SMILES string of the molecule is CC(CN)CCCNc1nc(C(C)(C)C)ns1. The van der Waals surface area contributed by atoms with E-state index in [1.165, 1.54) is 11.5 Å². The molecule has 0 spiro atoms. The molecule has 0 aliphatic heterocycles. The quantitative estimate of drug-likeness (QED) is 0.768. The molecule has 0 radical (unpaired) electrons. The Labute approximate surface area is 108 Å². The molecule has 5 heteroatoms. The minimum absolute atomic E-state index is 0.0322. The minimum atomic E-state index is 0.0322. The van der Waals surface area contributed by atoms with Gasteiger partial charge in [-0.2, -0.15) is 4.37 Å². The zero-order valence-electron chi connectivity index (χ0n) is 11.3. The summed E-state index contributed by atoms with van der Waals surface area (Å²) in [5, 5.41) is 4.25. The van der Waals surface area contributed by atoms with Gasteiger partial charge in [-0.1, -0.05) is 27.7 Å². The van der Waals surface area contributed by atoms with Crippen LogP contribution in [0.2, 0.25) is 0 Å². The Balaban J connectivity index is 2.31.